The zero-order chi connectivity index (χ0) is 15.2. The number of carbonyl (C=O) groups is 1. The fourth-order valence-electron chi connectivity index (χ4n) is 2.07. The first kappa shape index (κ1) is 15.1. The van der Waals surface area contributed by atoms with Crippen LogP contribution in [0.25, 0.3) is 0 Å². The summed E-state index contributed by atoms with van der Waals surface area (Å²) in [6.07, 6.45) is 0.391. The third kappa shape index (κ3) is 4.08. The molecular formula is C17H15ClN2O. The Hall–Kier alpha value is -2.31. The van der Waals surface area contributed by atoms with Crippen LogP contribution in [-0.4, -0.2) is 5.91 Å². The van der Waals surface area contributed by atoms with Gasteiger partial charge >= 0.3 is 0 Å². The number of anilines is 1. The van der Waals surface area contributed by atoms with Crippen molar-refractivity contribution in [2.75, 3.05) is 5.32 Å². The molecule has 106 valence electrons. The van der Waals surface area contributed by atoms with Crippen molar-refractivity contribution in [3.63, 3.8) is 0 Å². The summed E-state index contributed by atoms with van der Waals surface area (Å²) in [5.41, 5.74) is 2.13. The van der Waals surface area contributed by atoms with Gasteiger partial charge in [-0.1, -0.05) is 48.9 Å². The van der Waals surface area contributed by atoms with Crippen molar-refractivity contribution in [2.45, 2.75) is 19.3 Å². The van der Waals surface area contributed by atoms with Gasteiger partial charge in [-0.2, -0.15) is 5.26 Å². The molecule has 0 fully saturated rings. The highest BCUT2D eigenvalue weighted by Gasteiger charge is 2.11. The SMILES string of the molecule is C[C@H](CC(=O)Nc1ccc(C#N)c(Cl)c1)c1ccccc1. The smallest absolute Gasteiger partial charge is 0.224 e. The predicted octanol–water partition coefficient (Wildman–Crippen LogP) is 4.34. The molecule has 0 unspecified atom stereocenters. The van der Waals surface area contributed by atoms with Crippen LogP contribution in [-0.2, 0) is 4.79 Å². The standard InChI is InChI=1S/C17H15ClN2O/c1-12(13-5-3-2-4-6-13)9-17(21)20-15-8-7-14(11-19)16(18)10-15/h2-8,10,12H,9H2,1H3,(H,20,21)/t12-/m1/s1. The molecule has 0 saturated heterocycles. The molecular weight excluding hydrogens is 284 g/mol. The lowest BCUT2D eigenvalue weighted by molar-refractivity contribution is -0.116. The number of rotatable bonds is 4. The van der Waals surface area contributed by atoms with Crippen LogP contribution in [0.15, 0.2) is 48.5 Å². The molecule has 0 radical (unpaired) electrons. The van der Waals surface area contributed by atoms with Gasteiger partial charge in [-0.15, -0.1) is 0 Å². The van der Waals surface area contributed by atoms with E-state index >= 15 is 0 Å². The van der Waals surface area contributed by atoms with E-state index < -0.39 is 0 Å². The van der Waals surface area contributed by atoms with Gasteiger partial charge in [-0.25, -0.2) is 0 Å². The quantitative estimate of drug-likeness (QED) is 0.912. The maximum absolute atomic E-state index is 12.0. The van der Waals surface area contributed by atoms with Crippen LogP contribution < -0.4 is 5.32 Å². The molecule has 4 heteroatoms. The van der Waals surface area contributed by atoms with E-state index in [9.17, 15) is 4.79 Å². The van der Waals surface area contributed by atoms with Crippen molar-refractivity contribution in [3.8, 4) is 6.07 Å². The highest BCUT2D eigenvalue weighted by Crippen LogP contribution is 2.22. The lowest BCUT2D eigenvalue weighted by Crippen LogP contribution is -2.14. The molecule has 2 rings (SSSR count). The minimum absolute atomic E-state index is 0.0767. The second-order valence-corrected chi connectivity index (χ2v) is 5.28. The molecule has 3 nitrogen and oxygen atoms in total. The number of halogens is 1. The third-order valence-electron chi connectivity index (χ3n) is 3.23. The van der Waals surface area contributed by atoms with Crippen molar-refractivity contribution >= 4 is 23.2 Å². The number of carbonyl (C=O) groups excluding carboxylic acids is 1. The van der Waals surface area contributed by atoms with Gasteiger partial charge in [0.1, 0.15) is 6.07 Å². The Bertz CT molecular complexity index is 677. The van der Waals surface area contributed by atoms with Crippen LogP contribution in [0.1, 0.15) is 30.4 Å². The zero-order valence-electron chi connectivity index (χ0n) is 11.6. The number of benzene rings is 2. The Balaban J connectivity index is 1.99. The first-order valence-corrected chi connectivity index (χ1v) is 7.02. The van der Waals surface area contributed by atoms with Crippen LogP contribution in [0.5, 0.6) is 0 Å². The maximum Gasteiger partial charge on any atom is 0.224 e. The molecule has 2 aromatic carbocycles. The molecule has 21 heavy (non-hydrogen) atoms. The van der Waals surface area contributed by atoms with E-state index in [4.69, 9.17) is 16.9 Å². The Morgan fingerprint density at radius 2 is 2.00 bits per heavy atom. The van der Waals surface area contributed by atoms with Crippen LogP contribution in [0.4, 0.5) is 5.69 Å². The summed E-state index contributed by atoms with van der Waals surface area (Å²) in [7, 11) is 0. The largest absolute Gasteiger partial charge is 0.326 e. The van der Waals surface area contributed by atoms with E-state index in [1.807, 2.05) is 43.3 Å². The third-order valence-corrected chi connectivity index (χ3v) is 3.55. The lowest BCUT2D eigenvalue weighted by Gasteiger charge is -2.12. The van der Waals surface area contributed by atoms with E-state index in [1.165, 1.54) is 0 Å². The van der Waals surface area contributed by atoms with Crippen molar-refractivity contribution in [1.82, 2.24) is 0 Å². The highest BCUT2D eigenvalue weighted by molar-refractivity contribution is 6.32. The number of nitriles is 1. The van der Waals surface area contributed by atoms with Gasteiger partial charge in [0.15, 0.2) is 0 Å². The van der Waals surface area contributed by atoms with E-state index in [1.54, 1.807) is 18.2 Å². The maximum atomic E-state index is 12.0. The number of nitrogens with zero attached hydrogens (tertiary/aromatic N) is 1. The molecule has 0 heterocycles. The van der Waals surface area contributed by atoms with Gasteiger partial charge in [0, 0.05) is 12.1 Å². The van der Waals surface area contributed by atoms with Crippen molar-refractivity contribution in [3.05, 3.63) is 64.7 Å². The predicted molar refractivity (Wildman–Crippen MR) is 84.3 cm³/mol. The Morgan fingerprint density at radius 1 is 1.29 bits per heavy atom. The summed E-state index contributed by atoms with van der Waals surface area (Å²) >= 11 is 5.94. The first-order valence-electron chi connectivity index (χ1n) is 6.64. The van der Waals surface area contributed by atoms with Crippen LogP contribution >= 0.6 is 11.6 Å². The van der Waals surface area contributed by atoms with E-state index in [0.717, 1.165) is 5.56 Å². The molecule has 0 saturated carbocycles. The average molecular weight is 299 g/mol. The number of amides is 1. The second kappa shape index (κ2) is 6.92. The van der Waals surface area contributed by atoms with Gasteiger partial charge in [-0.3, -0.25) is 4.79 Å². The van der Waals surface area contributed by atoms with Crippen molar-refractivity contribution < 1.29 is 4.79 Å². The second-order valence-electron chi connectivity index (χ2n) is 4.87. The number of hydrogen-bond acceptors (Lipinski definition) is 2. The van der Waals surface area contributed by atoms with Crippen molar-refractivity contribution in [2.24, 2.45) is 0 Å². The van der Waals surface area contributed by atoms with E-state index in [-0.39, 0.29) is 11.8 Å². The minimum atomic E-state index is -0.0767. The topological polar surface area (TPSA) is 52.9 Å². The summed E-state index contributed by atoms with van der Waals surface area (Å²) in [6, 6.07) is 16.7. The Morgan fingerprint density at radius 3 is 2.62 bits per heavy atom. The fraction of sp³-hybridized carbons (Fsp3) is 0.176. The number of nitrogens with one attached hydrogen (secondary N) is 1. The van der Waals surface area contributed by atoms with Gasteiger partial charge in [0.05, 0.1) is 10.6 Å². The fourth-order valence-corrected chi connectivity index (χ4v) is 2.30. The molecule has 1 atom stereocenters. The van der Waals surface area contributed by atoms with Gasteiger partial charge in [-0.05, 0) is 29.7 Å². The van der Waals surface area contributed by atoms with E-state index in [2.05, 4.69) is 5.32 Å². The molecule has 0 spiro atoms. The highest BCUT2D eigenvalue weighted by atomic mass is 35.5. The summed E-state index contributed by atoms with van der Waals surface area (Å²) < 4.78 is 0. The molecule has 0 aromatic heterocycles. The minimum Gasteiger partial charge on any atom is -0.326 e. The molecule has 0 aliphatic carbocycles. The lowest BCUT2D eigenvalue weighted by atomic mass is 9.97. The normalized spacial score (nSPS) is 11.5. The zero-order valence-corrected chi connectivity index (χ0v) is 12.4. The Kier molecular flexibility index (Phi) is 4.97. The van der Waals surface area contributed by atoms with Gasteiger partial charge in [0.2, 0.25) is 5.91 Å². The monoisotopic (exact) mass is 298 g/mol. The molecule has 1 N–H and O–H groups in total. The van der Waals surface area contributed by atoms with E-state index in [0.29, 0.717) is 22.7 Å². The molecule has 0 aliphatic rings. The van der Waals surface area contributed by atoms with Crippen molar-refractivity contribution in [1.29, 1.82) is 5.26 Å². The van der Waals surface area contributed by atoms with Gasteiger partial charge < -0.3 is 5.32 Å². The van der Waals surface area contributed by atoms with Crippen LogP contribution in [0.2, 0.25) is 5.02 Å². The average Bonchev–Trinajstić information content (AvgIpc) is 2.48. The molecule has 0 aliphatic heterocycles. The first-order chi connectivity index (χ1) is 10.1. The van der Waals surface area contributed by atoms with Crippen LogP contribution in [0.3, 0.4) is 0 Å². The molecule has 1 amide bonds. The summed E-state index contributed by atoms with van der Waals surface area (Å²) in [5.74, 6) is 0.0622. The number of hydrogen-bond donors (Lipinski definition) is 1. The molecule has 0 bridgehead atoms. The summed E-state index contributed by atoms with van der Waals surface area (Å²) in [6.45, 7) is 2.01. The van der Waals surface area contributed by atoms with Gasteiger partial charge in [0.25, 0.3) is 0 Å². The summed E-state index contributed by atoms with van der Waals surface area (Å²) in [5, 5.41) is 12.0. The Labute approximate surface area is 129 Å². The van der Waals surface area contributed by atoms with Crippen LogP contribution in [0, 0.1) is 11.3 Å². The molecule has 2 aromatic rings. The summed E-state index contributed by atoms with van der Waals surface area (Å²) in [4.78, 5) is 12.0.